The average Bonchev–Trinajstić information content (AvgIpc) is 2.36. The van der Waals surface area contributed by atoms with Gasteiger partial charge in [-0.05, 0) is 110 Å². The van der Waals surface area contributed by atoms with E-state index < -0.39 is 0 Å². The molecule has 7 aromatic carbocycles. The molecule has 88 heavy (non-hydrogen) atoms. The Labute approximate surface area is 553 Å². The molecule has 4 heterocycles. The van der Waals surface area contributed by atoms with E-state index >= 15 is 0 Å². The molecule has 0 atom stereocenters. The van der Waals surface area contributed by atoms with Crippen LogP contribution in [0, 0.1) is 22.7 Å². The summed E-state index contributed by atoms with van der Waals surface area (Å²) in [7, 11) is 0. The Bertz CT molecular complexity index is 3850. The predicted molar refractivity (Wildman–Crippen MR) is 378 cm³/mol. The number of nitrogens with one attached hydrogen (secondary N) is 5. The van der Waals surface area contributed by atoms with Gasteiger partial charge in [-0.2, -0.15) is 10.5 Å². The van der Waals surface area contributed by atoms with Crippen LogP contribution in [-0.4, -0.2) is 49.4 Å². The fraction of sp³-hybridized carbons (Fsp3) is 0.191. The number of nitriles is 2. The summed E-state index contributed by atoms with van der Waals surface area (Å²) in [6.07, 6.45) is 5.97. The summed E-state index contributed by atoms with van der Waals surface area (Å²) in [5, 5.41) is 31.5. The molecule has 0 saturated heterocycles. The SMILES string of the molecule is C.C.C.CCOc1ccccc1/C=C1/C(=O)Nc2cc(C#N)ccc21.CCOc1ccccc1/C=C1/C(=O)Nc2cc(CN)ccc21.CCOc1ccccc1/C=C1/C(=O)Nc2cc(CNC(C)=O)ccc21.N#Cc1ccc2c(c1)NC(=O)C2.[I][V]([I])[I]. The van der Waals surface area contributed by atoms with E-state index in [0.717, 1.165) is 84.4 Å². The number of halogens is 3. The third kappa shape index (κ3) is 19.9. The van der Waals surface area contributed by atoms with Gasteiger partial charge in [-0.25, -0.2) is 0 Å². The number of ether oxygens (including phenoxy) is 3. The summed E-state index contributed by atoms with van der Waals surface area (Å²) in [5.74, 6) is 1.77. The van der Waals surface area contributed by atoms with E-state index in [0.29, 0.717) is 72.9 Å². The first-order chi connectivity index (χ1) is 41.1. The third-order valence-corrected chi connectivity index (χ3v) is 12.9. The summed E-state index contributed by atoms with van der Waals surface area (Å²) in [6, 6.07) is 48.9. The van der Waals surface area contributed by atoms with Crippen LogP contribution in [0.4, 0.5) is 22.7 Å². The van der Waals surface area contributed by atoms with Crippen molar-refractivity contribution in [2.45, 2.75) is 69.5 Å². The molecule has 456 valence electrons. The molecule has 0 saturated carbocycles. The Morgan fingerprint density at radius 3 is 1.31 bits per heavy atom. The normalized spacial score (nSPS) is 13.6. The van der Waals surface area contributed by atoms with Crippen molar-refractivity contribution in [1.82, 2.24) is 5.32 Å². The summed E-state index contributed by atoms with van der Waals surface area (Å²) in [4.78, 5) is 58.5. The van der Waals surface area contributed by atoms with Gasteiger partial charge in [0, 0.05) is 87.2 Å². The van der Waals surface area contributed by atoms with Crippen LogP contribution in [0.15, 0.2) is 146 Å². The van der Waals surface area contributed by atoms with Crippen LogP contribution in [0.25, 0.3) is 34.9 Å². The van der Waals surface area contributed by atoms with Crippen molar-refractivity contribution < 1.29 is 43.1 Å². The zero-order chi connectivity index (χ0) is 61.0. The van der Waals surface area contributed by atoms with Crippen LogP contribution < -0.4 is 46.5 Å². The van der Waals surface area contributed by atoms with Crippen LogP contribution in [0.5, 0.6) is 17.2 Å². The van der Waals surface area contributed by atoms with Gasteiger partial charge in [0.1, 0.15) is 17.2 Å². The van der Waals surface area contributed by atoms with E-state index in [1.807, 2.05) is 160 Å². The maximum absolute atomic E-state index is 12.4. The molecule has 0 fully saturated rings. The molecule has 16 nitrogen and oxygen atoms in total. The molecule has 5 amide bonds. The molecule has 11 rings (SSSR count). The van der Waals surface area contributed by atoms with Crippen LogP contribution >= 0.6 is 59.9 Å². The number of amides is 5. The van der Waals surface area contributed by atoms with Gasteiger partial charge in [0.15, 0.2) is 0 Å². The molecule has 0 aromatic heterocycles. The van der Waals surface area contributed by atoms with Crippen molar-refractivity contribution >= 4 is 147 Å². The van der Waals surface area contributed by atoms with Crippen molar-refractivity contribution in [2.75, 3.05) is 41.1 Å². The van der Waals surface area contributed by atoms with Gasteiger partial charge < -0.3 is 46.5 Å². The number of rotatable bonds is 12. The van der Waals surface area contributed by atoms with Crippen molar-refractivity contribution in [2.24, 2.45) is 5.73 Å². The number of nitrogens with zero attached hydrogens (tertiary/aromatic N) is 2. The van der Waals surface area contributed by atoms with Gasteiger partial charge in [-0.15, -0.1) is 0 Å². The van der Waals surface area contributed by atoms with E-state index in [-0.39, 0.29) is 56.7 Å². The third-order valence-electron chi connectivity index (χ3n) is 12.9. The summed E-state index contributed by atoms with van der Waals surface area (Å²) < 4.78 is 16.8. The van der Waals surface area contributed by atoms with Gasteiger partial charge in [-0.1, -0.05) is 113 Å². The monoisotopic (exact) mass is 1560 g/mol. The second kappa shape index (κ2) is 35.9. The molecular formula is C68H70I3N8O8V. The summed E-state index contributed by atoms with van der Waals surface area (Å²) >= 11 is 7.39. The van der Waals surface area contributed by atoms with Crippen molar-refractivity contribution in [3.8, 4) is 29.4 Å². The quantitative estimate of drug-likeness (QED) is 0.0496. The first-order valence-corrected chi connectivity index (χ1v) is 40.2. The standard InChI is InChI=1S/C20H20N2O3.C18H18N2O2.C18H14N2O2.C9H6N2O.3CH4.3HI.V/c1-3-25-19-7-5-4-6-15(19)11-17-16-9-8-14(12-21-13(2)23)10-18(16)22-20(17)24;2*1-2-22-17-6-4-3-5-13(17)10-15-14-8-7-12(11-19)9-16(14)20-18(15)21;10-5-6-1-2-7-4-9(12)11-8(7)3-6;;;;;;;/h4-11H,3,12H2,1-2H3,(H,21,23)(H,22,24);3-10H,2,11,19H2,1H3,(H,20,21);3-10H,2H2,1H3,(H,20,21);1-3H,4H2,(H,11,12);3*1H4;3*1H;/q;;;;;;;;;;+3/p-3/b17-11+;2*15-10+;;;;;;;;. The molecule has 0 bridgehead atoms. The van der Waals surface area contributed by atoms with Crippen molar-refractivity contribution in [1.29, 1.82) is 10.5 Å². The van der Waals surface area contributed by atoms with E-state index in [2.05, 4.69) is 92.6 Å². The molecule has 4 aliphatic rings. The van der Waals surface area contributed by atoms with Gasteiger partial charge in [0.2, 0.25) is 11.8 Å². The fourth-order valence-corrected chi connectivity index (χ4v) is 9.05. The van der Waals surface area contributed by atoms with Gasteiger partial charge in [0.25, 0.3) is 17.7 Å². The number of carbonyl (C=O) groups excluding carboxylic acids is 5. The molecular weight excluding hydrogens is 1490 g/mol. The minimum absolute atomic E-state index is 0. The number of fused-ring (bicyclic) bond motifs is 4. The Balaban J connectivity index is 0.000000248. The van der Waals surface area contributed by atoms with Crippen LogP contribution in [0.2, 0.25) is 0 Å². The van der Waals surface area contributed by atoms with Crippen molar-refractivity contribution in [3.05, 3.63) is 207 Å². The zero-order valence-corrected chi connectivity index (χ0v) is 54.5. The Kier molecular flexibility index (Phi) is 29.6. The molecule has 7 N–H and O–H groups in total. The maximum atomic E-state index is 12.4. The van der Waals surface area contributed by atoms with Crippen molar-refractivity contribution in [3.63, 3.8) is 0 Å². The number of anilines is 4. The van der Waals surface area contributed by atoms with E-state index in [1.54, 1.807) is 30.3 Å². The number of nitrogens with two attached hydrogens (primary N) is 1. The van der Waals surface area contributed by atoms with Crippen LogP contribution in [0.3, 0.4) is 0 Å². The predicted octanol–water partition coefficient (Wildman–Crippen LogP) is 15.3. The molecule has 20 heteroatoms. The topological polar surface area (TPSA) is 247 Å². The summed E-state index contributed by atoms with van der Waals surface area (Å²) in [5.41, 5.74) is 19.7. The van der Waals surface area contributed by atoms with Gasteiger partial charge in [-0.3, -0.25) is 24.0 Å². The minimum atomic E-state index is -0.278. The van der Waals surface area contributed by atoms with E-state index in [1.165, 1.54) is 6.92 Å². The number of carbonyl (C=O) groups is 5. The molecule has 0 radical (unpaired) electrons. The fourth-order valence-electron chi connectivity index (χ4n) is 9.05. The Morgan fingerprint density at radius 1 is 0.545 bits per heavy atom. The molecule has 0 unspecified atom stereocenters. The number of para-hydroxylation sites is 3. The average molecular weight is 1560 g/mol. The van der Waals surface area contributed by atoms with Crippen LogP contribution in [-0.2, 0) is 48.4 Å². The Hall–Kier alpha value is -7.78. The molecule has 0 aliphatic carbocycles. The molecule has 7 aromatic rings. The number of hydrogen-bond donors (Lipinski definition) is 6. The van der Waals surface area contributed by atoms with E-state index in [9.17, 15) is 24.0 Å². The van der Waals surface area contributed by atoms with Gasteiger partial charge in [0.05, 0.1) is 55.2 Å². The number of benzene rings is 7. The number of hydrogen-bond acceptors (Lipinski definition) is 11. The summed E-state index contributed by atoms with van der Waals surface area (Å²) in [6.45, 7) is 9.87. The van der Waals surface area contributed by atoms with Crippen LogP contribution in [0.1, 0.15) is 111 Å². The second-order valence-corrected chi connectivity index (χ2v) is 54.0. The van der Waals surface area contributed by atoms with Gasteiger partial charge >= 0.3 is 64.9 Å². The molecule has 4 aliphatic heterocycles. The second-order valence-electron chi connectivity index (χ2n) is 18.6. The first-order valence-electron chi connectivity index (χ1n) is 26.7. The Morgan fingerprint density at radius 2 is 0.909 bits per heavy atom. The molecule has 0 spiro atoms. The van der Waals surface area contributed by atoms with E-state index in [4.69, 9.17) is 30.5 Å². The first kappa shape index (κ1) is 72.7. The zero-order valence-electron chi connectivity index (χ0n) is 46.6.